The van der Waals surface area contributed by atoms with Crippen LogP contribution in [-0.4, -0.2) is 53.3 Å². The minimum absolute atomic E-state index is 0.0311. The highest BCUT2D eigenvalue weighted by molar-refractivity contribution is 9.10. The van der Waals surface area contributed by atoms with Gasteiger partial charge in [0.2, 0.25) is 5.91 Å². The first-order valence-corrected chi connectivity index (χ1v) is 11.4. The molecule has 0 aromatic heterocycles. The lowest BCUT2D eigenvalue weighted by molar-refractivity contribution is -0.139. The second kappa shape index (κ2) is 12.0. The van der Waals surface area contributed by atoms with E-state index in [0.29, 0.717) is 17.7 Å². The number of nitrogens with two attached hydrogens (primary N) is 1. The molecule has 2 aromatic rings. The van der Waals surface area contributed by atoms with Gasteiger partial charge in [0, 0.05) is 23.0 Å². The van der Waals surface area contributed by atoms with Crippen molar-refractivity contribution in [2.24, 2.45) is 10.9 Å². The van der Waals surface area contributed by atoms with Gasteiger partial charge in [-0.05, 0) is 23.3 Å². The Balaban J connectivity index is 1.41. The van der Waals surface area contributed by atoms with Crippen LogP contribution in [0.1, 0.15) is 29.5 Å². The van der Waals surface area contributed by atoms with Crippen molar-refractivity contribution in [3.8, 4) is 0 Å². The summed E-state index contributed by atoms with van der Waals surface area (Å²) in [6.45, 7) is -0.356. The standard InChI is InChI=1S/C23H24BrN5O6/c24-16-7-1-13(2-8-16)12-34-23(33)28-19(22(31)32)11-27-20(30)10-17-9-18(29-35-17)14-3-5-15(6-4-14)21(25)26/h1-8,17,19H,9-12H2,(H3,25,26)(H,27,30)(H,28,33)(H,31,32)/t17?,19-/m0/s1. The second-order valence-corrected chi connectivity index (χ2v) is 8.62. The van der Waals surface area contributed by atoms with Gasteiger partial charge in [0.1, 0.15) is 24.6 Å². The number of carboxylic acids is 1. The fourth-order valence-electron chi connectivity index (χ4n) is 3.16. The molecule has 0 bridgehead atoms. The number of nitrogens with one attached hydrogen (secondary N) is 3. The Morgan fingerprint density at radius 2 is 1.89 bits per heavy atom. The maximum absolute atomic E-state index is 12.3. The number of ether oxygens (including phenoxy) is 1. The average Bonchev–Trinajstić information content (AvgIpc) is 3.29. The zero-order valence-electron chi connectivity index (χ0n) is 18.5. The van der Waals surface area contributed by atoms with Crippen LogP contribution in [0.4, 0.5) is 4.79 Å². The van der Waals surface area contributed by atoms with Gasteiger partial charge in [0.25, 0.3) is 0 Å². The van der Waals surface area contributed by atoms with Crippen LogP contribution >= 0.6 is 15.9 Å². The number of rotatable bonds is 10. The predicted molar refractivity (Wildman–Crippen MR) is 130 cm³/mol. The summed E-state index contributed by atoms with van der Waals surface area (Å²) in [4.78, 5) is 41.1. The van der Waals surface area contributed by atoms with Crippen molar-refractivity contribution in [3.05, 3.63) is 69.7 Å². The summed E-state index contributed by atoms with van der Waals surface area (Å²) in [7, 11) is 0. The SMILES string of the molecule is N=C(N)c1ccc(C2=NOC(CC(=O)NC[C@H](NC(=O)OCc3ccc(Br)cc3)C(=O)O)C2)cc1. The first kappa shape index (κ1) is 25.7. The van der Waals surface area contributed by atoms with Crippen LogP contribution in [0.2, 0.25) is 0 Å². The maximum atomic E-state index is 12.3. The number of nitrogen functional groups attached to an aromatic ring is 1. The summed E-state index contributed by atoms with van der Waals surface area (Å²) < 4.78 is 5.92. The van der Waals surface area contributed by atoms with Gasteiger partial charge in [0.05, 0.1) is 12.1 Å². The summed E-state index contributed by atoms with van der Waals surface area (Å²) in [6.07, 6.45) is -1.08. The van der Waals surface area contributed by atoms with Crippen LogP contribution < -0.4 is 16.4 Å². The van der Waals surface area contributed by atoms with Gasteiger partial charge in [-0.25, -0.2) is 9.59 Å². The van der Waals surface area contributed by atoms with Crippen molar-refractivity contribution >= 4 is 45.4 Å². The summed E-state index contributed by atoms with van der Waals surface area (Å²) in [5.41, 5.74) is 8.20. The van der Waals surface area contributed by atoms with Crippen LogP contribution in [0.5, 0.6) is 0 Å². The van der Waals surface area contributed by atoms with Crippen molar-refractivity contribution in [1.29, 1.82) is 5.41 Å². The predicted octanol–water partition coefficient (Wildman–Crippen LogP) is 2.11. The molecule has 2 atom stereocenters. The number of oxime groups is 1. The molecule has 1 aliphatic rings. The molecule has 2 aromatic carbocycles. The molecular formula is C23H24BrN5O6. The fourth-order valence-corrected chi connectivity index (χ4v) is 3.42. The molecular weight excluding hydrogens is 522 g/mol. The highest BCUT2D eigenvalue weighted by Crippen LogP contribution is 2.19. The summed E-state index contributed by atoms with van der Waals surface area (Å²) in [5.74, 6) is -1.81. The van der Waals surface area contributed by atoms with Crippen LogP contribution in [0.3, 0.4) is 0 Å². The largest absolute Gasteiger partial charge is 0.480 e. The zero-order chi connectivity index (χ0) is 25.4. The quantitative estimate of drug-likeness (QED) is 0.224. The molecule has 35 heavy (non-hydrogen) atoms. The Morgan fingerprint density at radius 3 is 2.51 bits per heavy atom. The number of carbonyl (C=O) groups excluding carboxylic acids is 2. The number of carboxylic acid groups (broad SMARTS) is 1. The smallest absolute Gasteiger partial charge is 0.408 e. The average molecular weight is 546 g/mol. The molecule has 0 radical (unpaired) electrons. The number of carbonyl (C=O) groups is 3. The van der Waals surface area contributed by atoms with E-state index in [2.05, 4.69) is 31.7 Å². The van der Waals surface area contributed by atoms with E-state index in [4.69, 9.17) is 20.7 Å². The molecule has 2 amide bonds. The van der Waals surface area contributed by atoms with Crippen molar-refractivity contribution in [3.63, 3.8) is 0 Å². The highest BCUT2D eigenvalue weighted by atomic mass is 79.9. The molecule has 6 N–H and O–H groups in total. The molecule has 12 heteroatoms. The van der Waals surface area contributed by atoms with E-state index < -0.39 is 30.1 Å². The molecule has 1 unspecified atom stereocenters. The van der Waals surface area contributed by atoms with Crippen LogP contribution in [-0.2, 0) is 25.8 Å². The number of nitrogens with zero attached hydrogens (tertiary/aromatic N) is 1. The number of halogens is 1. The molecule has 184 valence electrons. The third-order valence-corrected chi connectivity index (χ3v) is 5.58. The van der Waals surface area contributed by atoms with E-state index in [1.165, 1.54) is 0 Å². The Hall–Kier alpha value is -3.93. The third-order valence-electron chi connectivity index (χ3n) is 5.05. The maximum Gasteiger partial charge on any atom is 0.408 e. The lowest BCUT2D eigenvalue weighted by Crippen LogP contribution is -2.48. The van der Waals surface area contributed by atoms with Crippen molar-refractivity contribution < 1.29 is 29.1 Å². The van der Waals surface area contributed by atoms with Crippen molar-refractivity contribution in [1.82, 2.24) is 10.6 Å². The number of amidine groups is 1. The van der Waals surface area contributed by atoms with E-state index in [0.717, 1.165) is 15.6 Å². The fraction of sp³-hybridized carbons (Fsp3) is 0.261. The first-order valence-electron chi connectivity index (χ1n) is 10.6. The van der Waals surface area contributed by atoms with Gasteiger partial charge in [0.15, 0.2) is 0 Å². The number of benzene rings is 2. The Kier molecular flexibility index (Phi) is 8.79. The molecule has 1 heterocycles. The van der Waals surface area contributed by atoms with Gasteiger partial charge >= 0.3 is 12.1 Å². The van der Waals surface area contributed by atoms with Gasteiger partial charge in [-0.3, -0.25) is 10.2 Å². The van der Waals surface area contributed by atoms with Gasteiger partial charge < -0.3 is 31.0 Å². The summed E-state index contributed by atoms with van der Waals surface area (Å²) >= 11 is 3.31. The molecule has 0 saturated carbocycles. The first-order chi connectivity index (χ1) is 16.7. The number of hydrogen-bond donors (Lipinski definition) is 5. The van der Waals surface area contributed by atoms with Gasteiger partial charge in [-0.15, -0.1) is 0 Å². The number of aliphatic carboxylic acids is 1. The van der Waals surface area contributed by atoms with E-state index in [-0.39, 0.29) is 25.4 Å². The van der Waals surface area contributed by atoms with Crippen LogP contribution in [0, 0.1) is 5.41 Å². The molecule has 0 spiro atoms. The minimum atomic E-state index is -1.37. The lowest BCUT2D eigenvalue weighted by Gasteiger charge is -2.16. The molecule has 0 fully saturated rings. The van der Waals surface area contributed by atoms with E-state index in [1.54, 1.807) is 48.5 Å². The minimum Gasteiger partial charge on any atom is -0.480 e. The summed E-state index contributed by atoms with van der Waals surface area (Å²) in [6, 6.07) is 12.7. The van der Waals surface area contributed by atoms with Crippen LogP contribution in [0.15, 0.2) is 58.2 Å². The van der Waals surface area contributed by atoms with Gasteiger partial charge in [-0.1, -0.05) is 57.5 Å². The van der Waals surface area contributed by atoms with Gasteiger partial charge in [-0.2, -0.15) is 0 Å². The zero-order valence-corrected chi connectivity index (χ0v) is 20.1. The molecule has 0 saturated heterocycles. The number of hydrogen-bond acceptors (Lipinski definition) is 7. The normalized spacial score (nSPS) is 15.3. The summed E-state index contributed by atoms with van der Waals surface area (Å²) in [5, 5.41) is 25.5. The topological polar surface area (TPSA) is 176 Å². The van der Waals surface area contributed by atoms with E-state index >= 15 is 0 Å². The molecule has 3 rings (SSSR count). The van der Waals surface area contributed by atoms with E-state index in [1.807, 2.05) is 0 Å². The Bertz CT molecular complexity index is 1120. The van der Waals surface area contributed by atoms with E-state index in [9.17, 15) is 19.5 Å². The number of amides is 2. The van der Waals surface area contributed by atoms with Crippen LogP contribution in [0.25, 0.3) is 0 Å². The molecule has 0 aliphatic carbocycles. The Morgan fingerprint density at radius 1 is 1.20 bits per heavy atom. The monoisotopic (exact) mass is 545 g/mol. The third kappa shape index (κ3) is 7.81. The number of alkyl carbamates (subject to hydrolysis) is 1. The second-order valence-electron chi connectivity index (χ2n) is 7.71. The van der Waals surface area contributed by atoms with Crippen molar-refractivity contribution in [2.45, 2.75) is 31.6 Å². The molecule has 1 aliphatic heterocycles. The highest BCUT2D eigenvalue weighted by Gasteiger charge is 2.26. The Labute approximate surface area is 209 Å². The molecule has 11 nitrogen and oxygen atoms in total. The lowest BCUT2D eigenvalue weighted by atomic mass is 10.0. The van der Waals surface area contributed by atoms with Crippen molar-refractivity contribution in [2.75, 3.05) is 6.54 Å².